The Kier molecular flexibility index (Phi) is 5.69. The van der Waals surface area contributed by atoms with E-state index in [4.69, 9.17) is 21.1 Å². The number of ether oxygens (including phenoxy) is 2. The molecule has 1 heterocycles. The fourth-order valence-corrected chi connectivity index (χ4v) is 5.31. The summed E-state index contributed by atoms with van der Waals surface area (Å²) in [5.74, 6) is 2.40. The van der Waals surface area contributed by atoms with Crippen molar-refractivity contribution in [3.63, 3.8) is 0 Å². The predicted molar refractivity (Wildman–Crippen MR) is 102 cm³/mol. The minimum absolute atomic E-state index is 0.187. The third kappa shape index (κ3) is 4.40. The first-order valence-electron chi connectivity index (χ1n) is 10.3. The third-order valence-corrected chi connectivity index (χ3v) is 7.10. The summed E-state index contributed by atoms with van der Waals surface area (Å²) in [7, 11) is 0. The maximum atomic E-state index is 6.01. The summed E-state index contributed by atoms with van der Waals surface area (Å²) in [4.78, 5) is 0. The normalized spacial score (nSPS) is 30.0. The topological polar surface area (TPSA) is 18.5 Å². The van der Waals surface area contributed by atoms with Gasteiger partial charge in [-0.1, -0.05) is 36.6 Å². The summed E-state index contributed by atoms with van der Waals surface area (Å²) < 4.78 is 11.7. The molecule has 3 fully saturated rings. The van der Waals surface area contributed by atoms with Gasteiger partial charge in [-0.05, 0) is 74.0 Å². The van der Waals surface area contributed by atoms with Crippen molar-refractivity contribution >= 4 is 11.6 Å². The molecule has 0 radical (unpaired) electrons. The fourth-order valence-electron chi connectivity index (χ4n) is 5.18. The van der Waals surface area contributed by atoms with E-state index in [9.17, 15) is 0 Å². The summed E-state index contributed by atoms with van der Waals surface area (Å²) in [6, 6.07) is 8.52. The fraction of sp³-hybridized carbons (Fsp3) is 0.727. The highest BCUT2D eigenvalue weighted by atomic mass is 35.5. The van der Waals surface area contributed by atoms with Crippen LogP contribution in [0.15, 0.2) is 24.3 Å². The molecule has 1 aromatic carbocycles. The molecular weight excluding hydrogens is 332 g/mol. The second-order valence-corrected chi connectivity index (χ2v) is 8.83. The molecule has 0 bridgehead atoms. The molecule has 2 nitrogen and oxygen atoms in total. The Morgan fingerprint density at radius 2 is 1.36 bits per heavy atom. The van der Waals surface area contributed by atoms with Crippen LogP contribution in [-0.4, -0.2) is 19.0 Å². The lowest BCUT2D eigenvalue weighted by Crippen LogP contribution is -2.35. The van der Waals surface area contributed by atoms with Crippen LogP contribution in [0.2, 0.25) is 5.02 Å². The van der Waals surface area contributed by atoms with Crippen LogP contribution in [0.4, 0.5) is 0 Å². The van der Waals surface area contributed by atoms with Gasteiger partial charge < -0.3 is 9.47 Å². The van der Waals surface area contributed by atoms with E-state index in [1.165, 1.54) is 56.9 Å². The molecule has 1 spiro atoms. The third-order valence-electron chi connectivity index (χ3n) is 6.85. The smallest absolute Gasteiger partial charge is 0.168 e. The maximum Gasteiger partial charge on any atom is 0.168 e. The lowest BCUT2D eigenvalue weighted by molar-refractivity contribution is -0.182. The van der Waals surface area contributed by atoms with E-state index in [-0.39, 0.29) is 5.79 Å². The summed E-state index contributed by atoms with van der Waals surface area (Å²) in [6.45, 7) is 1.59. The SMILES string of the molecule is Clc1ccc(C2CCC(CCC3CCC4(CC3)OCCO4)CC2)cc1. The van der Waals surface area contributed by atoms with E-state index >= 15 is 0 Å². The van der Waals surface area contributed by atoms with E-state index in [0.29, 0.717) is 0 Å². The van der Waals surface area contributed by atoms with Gasteiger partial charge in [0.15, 0.2) is 5.79 Å². The van der Waals surface area contributed by atoms with E-state index in [2.05, 4.69) is 12.1 Å². The minimum atomic E-state index is -0.187. The zero-order valence-corrected chi connectivity index (χ0v) is 16.0. The van der Waals surface area contributed by atoms with Gasteiger partial charge in [-0.3, -0.25) is 0 Å². The van der Waals surface area contributed by atoms with Gasteiger partial charge in [0.05, 0.1) is 13.2 Å². The van der Waals surface area contributed by atoms with Crippen molar-refractivity contribution < 1.29 is 9.47 Å². The highest BCUT2D eigenvalue weighted by molar-refractivity contribution is 6.30. The van der Waals surface area contributed by atoms with Gasteiger partial charge in [0.1, 0.15) is 0 Å². The Hall–Kier alpha value is -0.570. The van der Waals surface area contributed by atoms with E-state index in [1.807, 2.05) is 12.1 Å². The van der Waals surface area contributed by atoms with Gasteiger partial charge in [-0.2, -0.15) is 0 Å². The Balaban J connectivity index is 1.17. The van der Waals surface area contributed by atoms with Gasteiger partial charge in [0, 0.05) is 17.9 Å². The maximum absolute atomic E-state index is 6.01. The monoisotopic (exact) mass is 362 g/mol. The molecule has 3 aliphatic rings. The van der Waals surface area contributed by atoms with Gasteiger partial charge in [-0.25, -0.2) is 0 Å². The number of benzene rings is 1. The summed E-state index contributed by atoms with van der Waals surface area (Å²) in [5, 5.41) is 0.847. The molecule has 2 saturated carbocycles. The van der Waals surface area contributed by atoms with Crippen LogP contribution >= 0.6 is 11.6 Å². The molecule has 0 amide bonds. The Bertz CT molecular complexity index is 532. The van der Waals surface area contributed by atoms with Gasteiger partial charge in [0.2, 0.25) is 0 Å². The highest BCUT2D eigenvalue weighted by Gasteiger charge is 2.40. The molecule has 1 aliphatic heterocycles. The second kappa shape index (κ2) is 7.98. The van der Waals surface area contributed by atoms with Crippen LogP contribution in [0.1, 0.15) is 75.7 Å². The van der Waals surface area contributed by atoms with Crippen LogP contribution in [-0.2, 0) is 9.47 Å². The molecule has 0 atom stereocenters. The zero-order valence-electron chi connectivity index (χ0n) is 15.2. The summed E-state index contributed by atoms with van der Waals surface area (Å²) in [6.07, 6.45) is 13.1. The van der Waals surface area contributed by atoms with Crippen LogP contribution < -0.4 is 0 Å². The molecule has 0 unspecified atom stereocenters. The zero-order chi connectivity index (χ0) is 17.1. The van der Waals surface area contributed by atoms with Gasteiger partial charge in [-0.15, -0.1) is 0 Å². The van der Waals surface area contributed by atoms with Crippen LogP contribution in [0.5, 0.6) is 0 Å². The summed E-state index contributed by atoms with van der Waals surface area (Å²) >= 11 is 6.01. The molecule has 1 saturated heterocycles. The molecule has 0 N–H and O–H groups in total. The average Bonchev–Trinajstić information content (AvgIpc) is 3.11. The average molecular weight is 363 g/mol. The van der Waals surface area contributed by atoms with Gasteiger partial charge >= 0.3 is 0 Å². The molecular formula is C22H31ClO2. The number of rotatable bonds is 4. The van der Waals surface area contributed by atoms with Gasteiger partial charge in [0.25, 0.3) is 0 Å². The molecule has 2 aliphatic carbocycles. The lowest BCUT2D eigenvalue weighted by atomic mass is 9.75. The highest BCUT2D eigenvalue weighted by Crippen LogP contribution is 2.42. The van der Waals surface area contributed by atoms with Crippen molar-refractivity contribution in [2.75, 3.05) is 13.2 Å². The minimum Gasteiger partial charge on any atom is -0.348 e. The summed E-state index contributed by atoms with van der Waals surface area (Å²) in [5.41, 5.74) is 1.48. The second-order valence-electron chi connectivity index (χ2n) is 8.40. The van der Waals surface area contributed by atoms with Crippen molar-refractivity contribution in [3.05, 3.63) is 34.9 Å². The molecule has 4 rings (SSSR count). The Labute approximate surface area is 157 Å². The number of hydrogen-bond acceptors (Lipinski definition) is 2. The van der Waals surface area contributed by atoms with Crippen LogP contribution in [0.25, 0.3) is 0 Å². The molecule has 138 valence electrons. The molecule has 0 aromatic heterocycles. The first kappa shape index (κ1) is 17.8. The number of halogens is 1. The number of hydrogen-bond donors (Lipinski definition) is 0. The van der Waals surface area contributed by atoms with Crippen molar-refractivity contribution in [3.8, 4) is 0 Å². The van der Waals surface area contributed by atoms with E-state index in [1.54, 1.807) is 0 Å². The molecule has 1 aromatic rings. The molecule has 25 heavy (non-hydrogen) atoms. The Morgan fingerprint density at radius 3 is 1.96 bits per heavy atom. The quantitative estimate of drug-likeness (QED) is 0.623. The Morgan fingerprint density at radius 1 is 0.800 bits per heavy atom. The predicted octanol–water partition coefficient (Wildman–Crippen LogP) is 6.33. The molecule has 3 heteroatoms. The lowest BCUT2D eigenvalue weighted by Gasteiger charge is -2.36. The standard InChI is InChI=1S/C22H31ClO2/c23-21-9-7-20(8-10-21)19-5-3-17(4-6-19)1-2-18-11-13-22(14-12-18)24-15-16-25-22/h7-10,17-19H,1-6,11-16H2. The van der Waals surface area contributed by atoms with Crippen LogP contribution in [0, 0.1) is 11.8 Å². The van der Waals surface area contributed by atoms with E-state index in [0.717, 1.165) is 48.8 Å². The van der Waals surface area contributed by atoms with E-state index < -0.39 is 0 Å². The first-order chi connectivity index (χ1) is 12.2. The van der Waals surface area contributed by atoms with Crippen LogP contribution in [0.3, 0.4) is 0 Å². The first-order valence-corrected chi connectivity index (χ1v) is 10.6. The van der Waals surface area contributed by atoms with Crippen molar-refractivity contribution in [1.82, 2.24) is 0 Å². The van der Waals surface area contributed by atoms with Crippen molar-refractivity contribution in [1.29, 1.82) is 0 Å². The van der Waals surface area contributed by atoms with Crippen molar-refractivity contribution in [2.45, 2.75) is 75.9 Å². The van der Waals surface area contributed by atoms with Crippen molar-refractivity contribution in [2.24, 2.45) is 11.8 Å². The largest absolute Gasteiger partial charge is 0.348 e.